The van der Waals surface area contributed by atoms with Crippen LogP contribution >= 0.6 is 12.2 Å². The first-order valence-corrected chi connectivity index (χ1v) is 8.04. The van der Waals surface area contributed by atoms with Crippen molar-refractivity contribution in [2.24, 2.45) is 11.1 Å². The van der Waals surface area contributed by atoms with E-state index < -0.39 is 5.41 Å². The number of nitrogens with one attached hydrogen (secondary N) is 1. The predicted octanol–water partition coefficient (Wildman–Crippen LogP) is 3.74. The van der Waals surface area contributed by atoms with Crippen molar-refractivity contribution in [3.8, 4) is 0 Å². The normalized spacial score (nSPS) is 12.7. The van der Waals surface area contributed by atoms with Gasteiger partial charge in [-0.15, -0.1) is 0 Å². The van der Waals surface area contributed by atoms with E-state index in [1.807, 2.05) is 37.3 Å². The average molecular weight is 306 g/mol. The molecule has 1 atom stereocenters. The van der Waals surface area contributed by atoms with Crippen molar-refractivity contribution in [1.29, 1.82) is 0 Å². The Labute approximate surface area is 133 Å². The van der Waals surface area contributed by atoms with Gasteiger partial charge in [-0.2, -0.15) is 0 Å². The van der Waals surface area contributed by atoms with E-state index in [0.717, 1.165) is 18.4 Å². The first-order valence-electron chi connectivity index (χ1n) is 7.63. The summed E-state index contributed by atoms with van der Waals surface area (Å²) in [5.41, 5.74) is 6.29. The zero-order valence-electron chi connectivity index (χ0n) is 13.2. The van der Waals surface area contributed by atoms with Crippen molar-refractivity contribution in [1.82, 2.24) is 5.32 Å². The van der Waals surface area contributed by atoms with Crippen molar-refractivity contribution >= 4 is 23.1 Å². The van der Waals surface area contributed by atoms with Gasteiger partial charge in [-0.05, 0) is 25.3 Å². The van der Waals surface area contributed by atoms with Gasteiger partial charge in [0.05, 0.1) is 16.4 Å². The number of amides is 1. The summed E-state index contributed by atoms with van der Waals surface area (Å²) in [6.07, 6.45) is 3.15. The second-order valence-corrected chi connectivity index (χ2v) is 5.99. The third-order valence-electron chi connectivity index (χ3n) is 3.91. The zero-order chi connectivity index (χ0) is 15.9. The highest BCUT2D eigenvalue weighted by Gasteiger charge is 2.40. The van der Waals surface area contributed by atoms with Gasteiger partial charge in [0.25, 0.3) is 0 Å². The van der Waals surface area contributed by atoms with Crippen LogP contribution in [0, 0.1) is 5.41 Å². The van der Waals surface area contributed by atoms with E-state index in [-0.39, 0.29) is 11.9 Å². The van der Waals surface area contributed by atoms with Crippen LogP contribution in [0.2, 0.25) is 0 Å². The first-order chi connectivity index (χ1) is 9.97. The number of hydrogen-bond donors (Lipinski definition) is 2. The second kappa shape index (κ2) is 8.13. The van der Waals surface area contributed by atoms with E-state index in [0.29, 0.717) is 17.8 Å². The third kappa shape index (κ3) is 4.27. The minimum Gasteiger partial charge on any atom is -0.392 e. The van der Waals surface area contributed by atoms with E-state index in [2.05, 4.69) is 19.2 Å². The molecular formula is C17H26N2OS. The van der Waals surface area contributed by atoms with Crippen molar-refractivity contribution in [3.05, 3.63) is 35.9 Å². The Morgan fingerprint density at radius 1 is 1.24 bits per heavy atom. The van der Waals surface area contributed by atoms with Crippen LogP contribution in [-0.4, -0.2) is 10.9 Å². The van der Waals surface area contributed by atoms with Gasteiger partial charge in [-0.1, -0.05) is 69.2 Å². The first kappa shape index (κ1) is 17.6. The van der Waals surface area contributed by atoms with Gasteiger partial charge in [-0.3, -0.25) is 4.79 Å². The Kier molecular flexibility index (Phi) is 6.82. The summed E-state index contributed by atoms with van der Waals surface area (Å²) < 4.78 is 0. The molecule has 3 N–H and O–H groups in total. The van der Waals surface area contributed by atoms with Gasteiger partial charge in [0.1, 0.15) is 0 Å². The van der Waals surface area contributed by atoms with E-state index in [4.69, 9.17) is 18.0 Å². The van der Waals surface area contributed by atoms with Crippen LogP contribution in [0.25, 0.3) is 0 Å². The Hall–Kier alpha value is -1.42. The van der Waals surface area contributed by atoms with Gasteiger partial charge in [-0.25, -0.2) is 0 Å². The van der Waals surface area contributed by atoms with Crippen LogP contribution in [0.5, 0.6) is 0 Å². The van der Waals surface area contributed by atoms with Crippen molar-refractivity contribution in [2.45, 2.75) is 52.5 Å². The van der Waals surface area contributed by atoms with Gasteiger partial charge in [0.2, 0.25) is 5.91 Å². The maximum Gasteiger partial charge on any atom is 0.233 e. The molecule has 0 aliphatic heterocycles. The van der Waals surface area contributed by atoms with Crippen LogP contribution in [-0.2, 0) is 4.79 Å². The topological polar surface area (TPSA) is 55.1 Å². The Morgan fingerprint density at radius 3 is 2.19 bits per heavy atom. The standard InChI is InChI=1S/C17H26N2OS/c1-4-11-17(12-5-2,15(18)21)16(20)19-13(3)14-9-7-6-8-10-14/h6-10,13H,4-5,11-12H2,1-3H3,(H2,18,21)(H,19,20). The van der Waals surface area contributed by atoms with E-state index in [9.17, 15) is 4.79 Å². The predicted molar refractivity (Wildman–Crippen MR) is 92.0 cm³/mol. The van der Waals surface area contributed by atoms with Gasteiger partial charge in [0.15, 0.2) is 0 Å². The van der Waals surface area contributed by atoms with Crippen LogP contribution in [0.3, 0.4) is 0 Å². The fraction of sp³-hybridized carbons (Fsp3) is 0.529. The SMILES string of the molecule is CCCC(CCC)(C(=O)NC(C)c1ccccc1)C(N)=S. The number of carbonyl (C=O) groups is 1. The summed E-state index contributed by atoms with van der Waals surface area (Å²) in [7, 11) is 0. The molecule has 0 fully saturated rings. The summed E-state index contributed by atoms with van der Waals surface area (Å²) in [6, 6.07) is 9.86. The zero-order valence-corrected chi connectivity index (χ0v) is 14.0. The molecule has 0 saturated carbocycles. The maximum absolute atomic E-state index is 12.8. The minimum atomic E-state index is -0.720. The molecule has 1 unspecified atom stereocenters. The lowest BCUT2D eigenvalue weighted by Gasteiger charge is -2.32. The van der Waals surface area contributed by atoms with Gasteiger partial charge < -0.3 is 11.1 Å². The van der Waals surface area contributed by atoms with E-state index in [1.165, 1.54) is 0 Å². The smallest absolute Gasteiger partial charge is 0.233 e. The second-order valence-electron chi connectivity index (χ2n) is 5.55. The molecule has 0 bridgehead atoms. The fourth-order valence-electron chi connectivity index (χ4n) is 2.72. The number of hydrogen-bond acceptors (Lipinski definition) is 2. The number of nitrogens with two attached hydrogens (primary N) is 1. The quantitative estimate of drug-likeness (QED) is 0.719. The lowest BCUT2D eigenvalue weighted by Crippen LogP contribution is -2.49. The lowest BCUT2D eigenvalue weighted by atomic mass is 9.78. The Morgan fingerprint density at radius 2 is 1.76 bits per heavy atom. The molecule has 1 amide bonds. The molecule has 0 aromatic heterocycles. The molecule has 4 heteroatoms. The molecule has 0 aliphatic rings. The molecule has 116 valence electrons. The van der Waals surface area contributed by atoms with Crippen LogP contribution in [0.4, 0.5) is 0 Å². The van der Waals surface area contributed by atoms with E-state index >= 15 is 0 Å². The Bertz CT molecular complexity index is 467. The number of carbonyl (C=O) groups excluding carboxylic acids is 1. The monoisotopic (exact) mass is 306 g/mol. The molecule has 1 aromatic rings. The molecule has 0 spiro atoms. The van der Waals surface area contributed by atoms with Crippen molar-refractivity contribution in [2.75, 3.05) is 0 Å². The molecule has 21 heavy (non-hydrogen) atoms. The minimum absolute atomic E-state index is 0.0462. The van der Waals surface area contributed by atoms with Gasteiger partial charge in [0, 0.05) is 0 Å². The summed E-state index contributed by atoms with van der Waals surface area (Å²) in [4.78, 5) is 13.1. The number of thiocarbonyl (C=S) groups is 1. The average Bonchev–Trinajstić information content (AvgIpc) is 2.47. The molecule has 3 nitrogen and oxygen atoms in total. The molecule has 0 aliphatic carbocycles. The fourth-order valence-corrected chi connectivity index (χ4v) is 3.02. The highest BCUT2D eigenvalue weighted by molar-refractivity contribution is 7.80. The molecule has 1 aromatic carbocycles. The maximum atomic E-state index is 12.8. The van der Waals surface area contributed by atoms with E-state index in [1.54, 1.807) is 0 Å². The summed E-state index contributed by atoms with van der Waals surface area (Å²) in [6.45, 7) is 6.09. The Balaban J connectivity index is 2.93. The van der Waals surface area contributed by atoms with Crippen LogP contribution < -0.4 is 11.1 Å². The molecular weight excluding hydrogens is 280 g/mol. The summed E-state index contributed by atoms with van der Waals surface area (Å²) in [5.74, 6) is -0.0462. The van der Waals surface area contributed by atoms with Crippen molar-refractivity contribution < 1.29 is 4.79 Å². The summed E-state index contributed by atoms with van der Waals surface area (Å²) in [5, 5.41) is 3.08. The third-order valence-corrected chi connectivity index (χ3v) is 4.30. The van der Waals surface area contributed by atoms with Gasteiger partial charge >= 0.3 is 0 Å². The highest BCUT2D eigenvalue weighted by Crippen LogP contribution is 2.32. The van der Waals surface area contributed by atoms with Crippen LogP contribution in [0.1, 0.15) is 58.1 Å². The molecule has 0 radical (unpaired) electrons. The largest absolute Gasteiger partial charge is 0.392 e. The lowest BCUT2D eigenvalue weighted by molar-refractivity contribution is -0.128. The number of rotatable bonds is 8. The van der Waals surface area contributed by atoms with Crippen LogP contribution in [0.15, 0.2) is 30.3 Å². The molecule has 1 rings (SSSR count). The van der Waals surface area contributed by atoms with Crippen molar-refractivity contribution in [3.63, 3.8) is 0 Å². The molecule has 0 saturated heterocycles. The molecule has 0 heterocycles. The number of benzene rings is 1. The highest BCUT2D eigenvalue weighted by atomic mass is 32.1. The summed E-state index contributed by atoms with van der Waals surface area (Å²) >= 11 is 5.22.